The number of non-ortho nitro benzene ring substituents is 1. The highest BCUT2D eigenvalue weighted by atomic mass is 79.9. The number of amides is 1. The fourth-order valence-electron chi connectivity index (χ4n) is 2.32. The van der Waals surface area contributed by atoms with Crippen molar-refractivity contribution in [2.24, 2.45) is 0 Å². The number of benzene rings is 1. The van der Waals surface area contributed by atoms with Gasteiger partial charge in [0.05, 0.1) is 11.3 Å². The molecule has 0 aromatic heterocycles. The maximum absolute atomic E-state index is 11.9. The molecular weight excluding hydrogens is 388 g/mol. The highest BCUT2D eigenvalue weighted by Gasteiger charge is 2.13. The van der Waals surface area contributed by atoms with Crippen molar-refractivity contribution < 1.29 is 9.72 Å². The largest absolute Gasteiger partial charge is 0.355 e. The van der Waals surface area contributed by atoms with Gasteiger partial charge in [0.2, 0.25) is 5.91 Å². The fraction of sp³-hybridized carbons (Fsp3) is 0.500. The van der Waals surface area contributed by atoms with E-state index < -0.39 is 4.92 Å². The van der Waals surface area contributed by atoms with E-state index in [0.29, 0.717) is 11.0 Å². The molecule has 1 fully saturated rings. The van der Waals surface area contributed by atoms with Gasteiger partial charge in [-0.3, -0.25) is 19.8 Å². The second kappa shape index (κ2) is 9.82. The van der Waals surface area contributed by atoms with E-state index in [1.165, 1.54) is 12.1 Å². The summed E-state index contributed by atoms with van der Waals surface area (Å²) < 4.78 is 0.582. The van der Waals surface area contributed by atoms with Crippen LogP contribution in [0, 0.1) is 10.1 Å². The first-order valence-corrected chi connectivity index (χ1v) is 7.98. The number of carbonyl (C=O) groups excluding carboxylic acids is 1. The predicted octanol–water partition coefficient (Wildman–Crippen LogP) is 1.34. The number of hydrogen-bond donors (Lipinski definition) is 2. The molecule has 7 nitrogen and oxygen atoms in total. The highest BCUT2D eigenvalue weighted by molar-refractivity contribution is 9.10. The minimum Gasteiger partial charge on any atom is -0.355 e. The summed E-state index contributed by atoms with van der Waals surface area (Å²) in [7, 11) is 0. The van der Waals surface area contributed by atoms with Crippen molar-refractivity contribution in [2.45, 2.75) is 6.42 Å². The van der Waals surface area contributed by atoms with Crippen LogP contribution in [0.15, 0.2) is 22.7 Å². The number of nitrogens with zero attached hydrogens (tertiary/aromatic N) is 2. The molecule has 23 heavy (non-hydrogen) atoms. The topological polar surface area (TPSA) is 87.5 Å². The molecule has 0 bridgehead atoms. The Morgan fingerprint density at radius 1 is 1.39 bits per heavy atom. The fourth-order valence-corrected chi connectivity index (χ4v) is 2.82. The molecule has 1 amide bonds. The van der Waals surface area contributed by atoms with E-state index in [1.54, 1.807) is 6.07 Å². The summed E-state index contributed by atoms with van der Waals surface area (Å²) in [4.78, 5) is 24.5. The van der Waals surface area contributed by atoms with Crippen LogP contribution >= 0.6 is 28.3 Å². The van der Waals surface area contributed by atoms with Crippen molar-refractivity contribution in [3.8, 4) is 0 Å². The first-order valence-electron chi connectivity index (χ1n) is 7.19. The van der Waals surface area contributed by atoms with E-state index in [2.05, 4.69) is 31.5 Å². The molecule has 2 N–H and O–H groups in total. The first kappa shape index (κ1) is 19.8. The third-order valence-electron chi connectivity index (χ3n) is 3.56. The van der Waals surface area contributed by atoms with Crippen LogP contribution in [0.4, 0.5) is 5.69 Å². The SMILES string of the molecule is Cl.O=C(Cc1ccc([N+](=O)[O-])cc1Br)NCCN1CCNCC1. The van der Waals surface area contributed by atoms with E-state index in [-0.39, 0.29) is 30.4 Å². The molecule has 1 aromatic rings. The molecule has 0 unspecified atom stereocenters. The molecule has 0 radical (unpaired) electrons. The Labute approximate surface area is 149 Å². The lowest BCUT2D eigenvalue weighted by Gasteiger charge is -2.27. The summed E-state index contributed by atoms with van der Waals surface area (Å²) in [5, 5.41) is 16.8. The quantitative estimate of drug-likeness (QED) is 0.549. The molecule has 1 aliphatic rings. The summed E-state index contributed by atoms with van der Waals surface area (Å²) in [5.41, 5.74) is 0.750. The van der Waals surface area contributed by atoms with Crippen molar-refractivity contribution in [3.63, 3.8) is 0 Å². The second-order valence-electron chi connectivity index (χ2n) is 5.15. The van der Waals surface area contributed by atoms with Gasteiger partial charge in [-0.05, 0) is 5.56 Å². The zero-order valence-electron chi connectivity index (χ0n) is 12.6. The standard InChI is InChI=1S/C14H19BrN4O3.ClH/c15-13-10-12(19(21)22)2-1-11(13)9-14(20)17-5-8-18-6-3-16-4-7-18;/h1-2,10,16H,3-9H2,(H,17,20);1H. The Bertz CT molecular complexity index is 553. The number of carbonyl (C=O) groups is 1. The number of nitrogens with one attached hydrogen (secondary N) is 2. The van der Waals surface area contributed by atoms with Crippen LogP contribution in [0.1, 0.15) is 5.56 Å². The molecule has 2 rings (SSSR count). The zero-order valence-corrected chi connectivity index (χ0v) is 15.0. The molecule has 0 atom stereocenters. The lowest BCUT2D eigenvalue weighted by Crippen LogP contribution is -2.46. The van der Waals surface area contributed by atoms with Crippen molar-refractivity contribution in [2.75, 3.05) is 39.3 Å². The minimum atomic E-state index is -0.456. The van der Waals surface area contributed by atoms with Gasteiger partial charge in [-0.1, -0.05) is 22.0 Å². The van der Waals surface area contributed by atoms with Gasteiger partial charge in [-0.25, -0.2) is 0 Å². The molecule has 0 saturated carbocycles. The molecule has 9 heteroatoms. The number of piperazine rings is 1. The molecule has 0 spiro atoms. The van der Waals surface area contributed by atoms with E-state index in [4.69, 9.17) is 0 Å². The van der Waals surface area contributed by atoms with Crippen LogP contribution in [0.25, 0.3) is 0 Å². The number of hydrogen-bond acceptors (Lipinski definition) is 5. The third-order valence-corrected chi connectivity index (χ3v) is 4.30. The molecule has 128 valence electrons. The summed E-state index contributed by atoms with van der Waals surface area (Å²) in [6.07, 6.45) is 0.208. The van der Waals surface area contributed by atoms with Gasteiger partial charge in [0.1, 0.15) is 0 Å². The first-order chi connectivity index (χ1) is 10.6. The summed E-state index contributed by atoms with van der Waals surface area (Å²) in [6, 6.07) is 4.44. The Balaban J connectivity index is 0.00000264. The van der Waals surface area contributed by atoms with Crippen molar-refractivity contribution in [3.05, 3.63) is 38.3 Å². The van der Waals surface area contributed by atoms with Gasteiger partial charge >= 0.3 is 0 Å². The molecule has 1 saturated heterocycles. The van der Waals surface area contributed by atoms with Crippen LogP contribution < -0.4 is 10.6 Å². The Morgan fingerprint density at radius 3 is 2.70 bits per heavy atom. The molecule has 1 aliphatic heterocycles. The van der Waals surface area contributed by atoms with E-state index >= 15 is 0 Å². The Kier molecular flexibility index (Phi) is 8.46. The molecule has 1 aromatic carbocycles. The van der Waals surface area contributed by atoms with Gasteiger partial charge in [-0.15, -0.1) is 12.4 Å². The van der Waals surface area contributed by atoms with Crippen LogP contribution in [-0.2, 0) is 11.2 Å². The number of rotatable bonds is 6. The van der Waals surface area contributed by atoms with E-state index in [0.717, 1.165) is 38.3 Å². The van der Waals surface area contributed by atoms with Crippen LogP contribution in [0.3, 0.4) is 0 Å². The maximum atomic E-state index is 11.9. The van der Waals surface area contributed by atoms with E-state index in [1.807, 2.05) is 0 Å². The summed E-state index contributed by atoms with van der Waals surface area (Å²) in [6.45, 7) is 5.44. The lowest BCUT2D eigenvalue weighted by molar-refractivity contribution is -0.384. The number of nitro groups is 1. The van der Waals surface area contributed by atoms with Crippen molar-refractivity contribution >= 4 is 39.9 Å². The summed E-state index contributed by atoms with van der Waals surface area (Å²) in [5.74, 6) is -0.0790. The normalized spacial score (nSPS) is 14.8. The van der Waals surface area contributed by atoms with Gasteiger partial charge in [0, 0.05) is 55.9 Å². The maximum Gasteiger partial charge on any atom is 0.270 e. The van der Waals surface area contributed by atoms with Crippen molar-refractivity contribution in [1.29, 1.82) is 0 Å². The average molecular weight is 408 g/mol. The smallest absolute Gasteiger partial charge is 0.270 e. The average Bonchev–Trinajstić information content (AvgIpc) is 2.50. The van der Waals surface area contributed by atoms with E-state index in [9.17, 15) is 14.9 Å². The van der Waals surface area contributed by atoms with Gasteiger partial charge in [-0.2, -0.15) is 0 Å². The van der Waals surface area contributed by atoms with Crippen molar-refractivity contribution in [1.82, 2.24) is 15.5 Å². The predicted molar refractivity (Wildman–Crippen MR) is 94.1 cm³/mol. The molecule has 1 heterocycles. The number of nitro benzene ring substituents is 1. The Morgan fingerprint density at radius 2 is 2.09 bits per heavy atom. The van der Waals surface area contributed by atoms with Crippen LogP contribution in [0.2, 0.25) is 0 Å². The van der Waals surface area contributed by atoms with Crippen LogP contribution in [0.5, 0.6) is 0 Å². The lowest BCUT2D eigenvalue weighted by atomic mass is 10.1. The third kappa shape index (κ3) is 6.42. The summed E-state index contributed by atoms with van der Waals surface area (Å²) >= 11 is 3.28. The van der Waals surface area contributed by atoms with Crippen LogP contribution in [-0.4, -0.2) is 55.0 Å². The monoisotopic (exact) mass is 406 g/mol. The highest BCUT2D eigenvalue weighted by Crippen LogP contribution is 2.23. The van der Waals surface area contributed by atoms with Gasteiger partial charge in [0.15, 0.2) is 0 Å². The van der Waals surface area contributed by atoms with Gasteiger partial charge < -0.3 is 10.6 Å². The minimum absolute atomic E-state index is 0. The molecule has 0 aliphatic carbocycles. The Hall–Kier alpha value is -1.22. The second-order valence-corrected chi connectivity index (χ2v) is 6.01. The molecular formula is C14H20BrClN4O3. The van der Waals surface area contributed by atoms with Gasteiger partial charge in [0.25, 0.3) is 5.69 Å². The zero-order chi connectivity index (χ0) is 15.9. The number of halogens is 2.